The quantitative estimate of drug-likeness (QED) is 0.174. The van der Waals surface area contributed by atoms with Gasteiger partial charge in [0, 0.05) is 11.1 Å². The molecule has 0 bridgehead atoms. The normalized spacial score (nSPS) is 12.5. The molecule has 9 heteroatoms. The number of hydrogen-bond acceptors (Lipinski definition) is 4. The van der Waals surface area contributed by atoms with Crippen LogP contribution in [0.2, 0.25) is 5.02 Å². The lowest BCUT2D eigenvalue weighted by molar-refractivity contribution is -0.152. The molecule has 1 unspecified atom stereocenters. The highest BCUT2D eigenvalue weighted by molar-refractivity contribution is 6.30. The second-order valence-electron chi connectivity index (χ2n) is 6.99. The first kappa shape index (κ1) is 22.9. The van der Waals surface area contributed by atoms with Crippen molar-refractivity contribution < 1.29 is 27.1 Å². The molecule has 4 rings (SSSR count). The van der Waals surface area contributed by atoms with Gasteiger partial charge in [-0.25, -0.2) is 4.79 Å². The fraction of sp³-hybridized carbons (Fsp3) is 0.0833. The molecule has 33 heavy (non-hydrogen) atoms. The van der Waals surface area contributed by atoms with Gasteiger partial charge in [-0.3, -0.25) is 4.79 Å². The first-order valence-corrected chi connectivity index (χ1v) is 10.3. The first-order chi connectivity index (χ1) is 15.6. The van der Waals surface area contributed by atoms with Crippen LogP contribution in [-0.4, -0.2) is 5.97 Å². The molecule has 0 amide bonds. The number of halogens is 5. The van der Waals surface area contributed by atoms with Gasteiger partial charge in [-0.05, 0) is 35.4 Å². The maximum absolute atomic E-state index is 13.8. The van der Waals surface area contributed by atoms with Gasteiger partial charge in [-0.15, -0.1) is 11.6 Å². The molecule has 4 nitrogen and oxygen atoms in total. The Morgan fingerprint density at radius 3 is 2.27 bits per heavy atom. The third-order valence-electron chi connectivity index (χ3n) is 4.77. The Bertz CT molecular complexity index is 1380. The van der Waals surface area contributed by atoms with E-state index in [-0.39, 0.29) is 22.3 Å². The minimum Gasteiger partial charge on any atom is -0.450 e. The lowest BCUT2D eigenvalue weighted by atomic mass is 10.0. The van der Waals surface area contributed by atoms with Gasteiger partial charge < -0.3 is 9.15 Å². The molecule has 3 aromatic carbocycles. The van der Waals surface area contributed by atoms with Crippen LogP contribution in [-0.2, 0) is 11.0 Å². The van der Waals surface area contributed by atoms with Crippen LogP contribution >= 0.6 is 23.2 Å². The Hall–Kier alpha value is -3.29. The van der Waals surface area contributed by atoms with E-state index in [2.05, 4.69) is 0 Å². The summed E-state index contributed by atoms with van der Waals surface area (Å²) in [6, 6.07) is 17.3. The van der Waals surface area contributed by atoms with Crippen molar-refractivity contribution in [1.82, 2.24) is 0 Å². The van der Waals surface area contributed by atoms with Gasteiger partial charge in [0.1, 0.15) is 11.3 Å². The topological polar surface area (TPSA) is 56.5 Å². The minimum atomic E-state index is -4.95. The number of rotatable bonds is 4. The van der Waals surface area contributed by atoms with Crippen LogP contribution in [0, 0.1) is 0 Å². The van der Waals surface area contributed by atoms with Gasteiger partial charge in [-0.1, -0.05) is 54.1 Å². The summed E-state index contributed by atoms with van der Waals surface area (Å²) in [5.41, 5.74) is -1.42. The SMILES string of the molecule is O=C(Oc1ccc2c(=O)c(-c3ccc(Cl)cc3)c(C(F)(F)F)oc2c1)C(Cl)c1ccccc1. The van der Waals surface area contributed by atoms with Crippen molar-refractivity contribution in [1.29, 1.82) is 0 Å². The van der Waals surface area contributed by atoms with Gasteiger partial charge in [0.2, 0.25) is 11.2 Å². The lowest BCUT2D eigenvalue weighted by Crippen LogP contribution is -2.17. The zero-order chi connectivity index (χ0) is 23.8. The van der Waals surface area contributed by atoms with E-state index in [1.165, 1.54) is 36.4 Å². The Morgan fingerprint density at radius 2 is 1.64 bits per heavy atom. The maximum Gasteiger partial charge on any atom is 0.450 e. The third kappa shape index (κ3) is 4.74. The molecule has 0 saturated carbocycles. The van der Waals surface area contributed by atoms with E-state index in [1.807, 2.05) is 0 Å². The number of hydrogen-bond donors (Lipinski definition) is 0. The third-order valence-corrected chi connectivity index (χ3v) is 5.45. The second-order valence-corrected chi connectivity index (χ2v) is 7.87. The average molecular weight is 493 g/mol. The number of esters is 1. The Labute approximate surface area is 195 Å². The highest BCUT2D eigenvalue weighted by atomic mass is 35.5. The lowest BCUT2D eigenvalue weighted by Gasteiger charge is -2.14. The van der Waals surface area contributed by atoms with Crippen molar-refractivity contribution >= 4 is 40.1 Å². The van der Waals surface area contributed by atoms with E-state index in [9.17, 15) is 22.8 Å². The summed E-state index contributed by atoms with van der Waals surface area (Å²) in [6.07, 6.45) is -4.95. The van der Waals surface area contributed by atoms with Gasteiger partial charge in [0.25, 0.3) is 0 Å². The number of carbonyl (C=O) groups is 1. The van der Waals surface area contributed by atoms with E-state index >= 15 is 0 Å². The zero-order valence-corrected chi connectivity index (χ0v) is 18.0. The van der Waals surface area contributed by atoms with Gasteiger partial charge >= 0.3 is 12.1 Å². The van der Waals surface area contributed by atoms with Gasteiger partial charge in [0.15, 0.2) is 5.38 Å². The second kappa shape index (κ2) is 8.92. The molecular weight excluding hydrogens is 480 g/mol. The molecule has 0 aliphatic heterocycles. The largest absolute Gasteiger partial charge is 0.450 e. The van der Waals surface area contributed by atoms with E-state index < -0.39 is 34.3 Å². The fourth-order valence-electron chi connectivity index (χ4n) is 3.24. The predicted octanol–water partition coefficient (Wildman–Crippen LogP) is 7.02. The van der Waals surface area contributed by atoms with Gasteiger partial charge in [-0.2, -0.15) is 13.2 Å². The maximum atomic E-state index is 13.8. The summed E-state index contributed by atoms with van der Waals surface area (Å²) < 4.78 is 51.6. The van der Waals surface area contributed by atoms with Crippen LogP contribution < -0.4 is 10.2 Å². The smallest absolute Gasteiger partial charge is 0.450 e. The fourth-order valence-corrected chi connectivity index (χ4v) is 3.56. The van der Waals surface area contributed by atoms with Crippen molar-refractivity contribution in [3.63, 3.8) is 0 Å². The average Bonchev–Trinajstić information content (AvgIpc) is 2.79. The summed E-state index contributed by atoms with van der Waals surface area (Å²) in [6.45, 7) is 0. The van der Waals surface area contributed by atoms with Crippen molar-refractivity contribution in [3.05, 3.63) is 99.4 Å². The summed E-state index contributed by atoms with van der Waals surface area (Å²) in [5, 5.41) is -0.942. The van der Waals surface area contributed by atoms with Crippen LogP contribution in [0.1, 0.15) is 16.7 Å². The number of alkyl halides is 4. The molecule has 0 fully saturated rings. The number of carbonyl (C=O) groups excluding carboxylic acids is 1. The van der Waals surface area contributed by atoms with Crippen LogP contribution in [0.15, 0.2) is 82.0 Å². The molecule has 0 aliphatic rings. The van der Waals surface area contributed by atoms with Gasteiger partial charge in [0.05, 0.1) is 10.9 Å². The predicted molar refractivity (Wildman–Crippen MR) is 119 cm³/mol. The van der Waals surface area contributed by atoms with Crippen LogP contribution in [0.25, 0.3) is 22.1 Å². The van der Waals surface area contributed by atoms with Crippen molar-refractivity contribution in [3.8, 4) is 16.9 Å². The molecule has 0 aliphatic carbocycles. The van der Waals surface area contributed by atoms with Crippen molar-refractivity contribution in [2.75, 3.05) is 0 Å². The van der Waals surface area contributed by atoms with E-state index in [0.717, 1.165) is 6.07 Å². The molecule has 0 radical (unpaired) electrons. The van der Waals surface area contributed by atoms with E-state index in [1.54, 1.807) is 30.3 Å². The van der Waals surface area contributed by atoms with E-state index in [0.29, 0.717) is 10.6 Å². The molecule has 0 saturated heterocycles. The van der Waals surface area contributed by atoms with Crippen molar-refractivity contribution in [2.45, 2.75) is 11.6 Å². The highest BCUT2D eigenvalue weighted by Crippen LogP contribution is 2.38. The highest BCUT2D eigenvalue weighted by Gasteiger charge is 2.39. The molecule has 0 spiro atoms. The summed E-state index contributed by atoms with van der Waals surface area (Å²) in [5.74, 6) is -2.42. The summed E-state index contributed by atoms with van der Waals surface area (Å²) >= 11 is 11.9. The molecule has 4 aromatic rings. The van der Waals surface area contributed by atoms with E-state index in [4.69, 9.17) is 32.4 Å². The molecule has 1 atom stereocenters. The minimum absolute atomic E-state index is 0.00530. The Kier molecular flexibility index (Phi) is 6.19. The Morgan fingerprint density at radius 1 is 0.970 bits per heavy atom. The van der Waals surface area contributed by atoms with Crippen LogP contribution in [0.4, 0.5) is 13.2 Å². The number of fused-ring (bicyclic) bond motifs is 1. The molecular formula is C24H13Cl2F3O4. The van der Waals surface area contributed by atoms with Crippen LogP contribution in [0.3, 0.4) is 0 Å². The van der Waals surface area contributed by atoms with Crippen molar-refractivity contribution in [2.24, 2.45) is 0 Å². The molecule has 1 heterocycles. The number of benzene rings is 3. The van der Waals surface area contributed by atoms with Crippen LogP contribution in [0.5, 0.6) is 5.75 Å². The first-order valence-electron chi connectivity index (χ1n) is 9.50. The zero-order valence-electron chi connectivity index (χ0n) is 16.5. The molecule has 0 N–H and O–H groups in total. The number of ether oxygens (including phenoxy) is 1. The summed E-state index contributed by atoms with van der Waals surface area (Å²) in [4.78, 5) is 25.4. The summed E-state index contributed by atoms with van der Waals surface area (Å²) in [7, 11) is 0. The monoisotopic (exact) mass is 492 g/mol. The Balaban J connectivity index is 1.77. The molecule has 168 valence electrons. The standard InChI is InChI=1S/C24H13Cl2F3O4/c25-15-8-6-13(7-9-15)19-21(30)17-11-10-16(12-18(17)33-22(19)24(27,28)29)32-23(31)20(26)14-4-2-1-3-5-14/h1-12,20H. The molecule has 1 aromatic heterocycles.